The molecule has 166 valence electrons. The maximum atomic E-state index is 11.0. The average molecular weight is 446 g/mol. The zero-order chi connectivity index (χ0) is 21.2. The van der Waals surface area contributed by atoms with E-state index in [-0.39, 0.29) is 58.8 Å². The monoisotopic (exact) mass is 445 g/mol. The second kappa shape index (κ2) is 20.5. The van der Waals surface area contributed by atoms with Crippen LogP contribution in [0.2, 0.25) is 0 Å². The fourth-order valence-corrected chi connectivity index (χ4v) is 3.40. The van der Waals surface area contributed by atoms with Crippen LogP contribution in [0.15, 0.2) is 24.3 Å². The van der Waals surface area contributed by atoms with Gasteiger partial charge in [0.2, 0.25) is 0 Å². The third-order valence-corrected chi connectivity index (χ3v) is 5.25. The molecule has 0 atom stereocenters. The number of carbonyl (C=O) groups is 2. The van der Waals surface area contributed by atoms with E-state index < -0.39 is 5.97 Å². The van der Waals surface area contributed by atoms with Crippen LogP contribution in [0.1, 0.15) is 102 Å². The third-order valence-electron chi connectivity index (χ3n) is 5.25. The number of esters is 1. The van der Waals surface area contributed by atoms with E-state index in [4.69, 9.17) is 5.11 Å². The first kappa shape index (κ1) is 29.6. The van der Waals surface area contributed by atoms with Gasteiger partial charge in [-0.1, -0.05) is 70.6 Å². The predicted octanol–water partition coefficient (Wildman–Crippen LogP) is 3.55. The molecular formula is C24H40KNO4. The van der Waals surface area contributed by atoms with Crippen LogP contribution in [-0.2, 0) is 9.53 Å². The van der Waals surface area contributed by atoms with Gasteiger partial charge >= 0.3 is 63.3 Å². The van der Waals surface area contributed by atoms with Crippen LogP contribution in [0.25, 0.3) is 0 Å². The number of hydrogen-bond acceptors (Lipinski definition) is 4. The molecule has 0 unspecified atom stereocenters. The van der Waals surface area contributed by atoms with Crippen LogP contribution in [0.4, 0.5) is 5.69 Å². The number of rotatable bonds is 18. The van der Waals surface area contributed by atoms with E-state index in [9.17, 15) is 9.59 Å². The first-order valence-corrected chi connectivity index (χ1v) is 11.3. The summed E-state index contributed by atoms with van der Waals surface area (Å²) in [4.78, 5) is 21.8. The van der Waals surface area contributed by atoms with Gasteiger partial charge in [0.05, 0.1) is 12.7 Å². The van der Waals surface area contributed by atoms with Crippen molar-refractivity contribution in [2.24, 2.45) is 0 Å². The van der Waals surface area contributed by atoms with Crippen molar-refractivity contribution in [2.75, 3.05) is 19.0 Å². The van der Waals surface area contributed by atoms with E-state index in [2.05, 4.69) is 10.1 Å². The largest absolute Gasteiger partial charge is 1.00 e. The van der Waals surface area contributed by atoms with E-state index in [1.54, 1.807) is 12.1 Å². The van der Waals surface area contributed by atoms with E-state index in [1.807, 2.05) is 12.1 Å². The maximum Gasteiger partial charge on any atom is 1.00 e. The number of benzene rings is 1. The number of hydrogen-bond donors (Lipinski definition) is 2. The van der Waals surface area contributed by atoms with Crippen molar-refractivity contribution in [3.63, 3.8) is 0 Å². The molecule has 0 aliphatic rings. The molecule has 0 aliphatic carbocycles. The molecule has 0 heterocycles. The molecule has 0 aromatic heterocycles. The summed E-state index contributed by atoms with van der Waals surface area (Å²) in [7, 11) is 1.45. The molecule has 1 aromatic rings. The molecule has 0 saturated carbocycles. The van der Waals surface area contributed by atoms with Gasteiger partial charge < -0.3 is 16.6 Å². The second-order valence-corrected chi connectivity index (χ2v) is 7.73. The molecule has 0 saturated heterocycles. The van der Waals surface area contributed by atoms with Gasteiger partial charge in [-0.3, -0.25) is 4.79 Å². The van der Waals surface area contributed by atoms with Gasteiger partial charge in [-0.05, 0) is 37.1 Å². The Morgan fingerprint density at radius 3 is 1.67 bits per heavy atom. The zero-order valence-electron chi connectivity index (χ0n) is 20.1. The van der Waals surface area contributed by atoms with E-state index in [0.717, 1.165) is 31.5 Å². The van der Waals surface area contributed by atoms with Crippen molar-refractivity contribution in [3.05, 3.63) is 29.8 Å². The maximum absolute atomic E-state index is 11.0. The molecular weight excluding hydrogens is 405 g/mol. The van der Waals surface area contributed by atoms with Gasteiger partial charge in [-0.2, -0.15) is 0 Å². The van der Waals surface area contributed by atoms with Crippen LogP contribution >= 0.6 is 0 Å². The number of carboxylic acid groups (broad SMARTS) is 1. The summed E-state index contributed by atoms with van der Waals surface area (Å²) in [6, 6.07) is 6.92. The van der Waals surface area contributed by atoms with E-state index in [1.165, 1.54) is 71.3 Å². The molecule has 0 fully saturated rings. The Morgan fingerprint density at radius 1 is 0.800 bits per heavy atom. The number of carbonyl (C=O) groups excluding carboxylic acids is 1. The summed E-state index contributed by atoms with van der Waals surface area (Å²) in [6.07, 6.45) is 16.9. The molecule has 5 nitrogen and oxygen atoms in total. The fraction of sp³-hybridized carbons (Fsp3) is 0.667. The minimum atomic E-state index is -0.885. The Labute approximate surface area is 226 Å². The van der Waals surface area contributed by atoms with Gasteiger partial charge in [-0.25, -0.2) is 4.79 Å². The van der Waals surface area contributed by atoms with Crippen molar-refractivity contribution in [1.29, 1.82) is 0 Å². The Balaban J connectivity index is 0. The number of aromatic carboxylic acids is 1. The van der Waals surface area contributed by atoms with Crippen LogP contribution in [0.5, 0.6) is 0 Å². The zero-order valence-corrected chi connectivity index (χ0v) is 22.2. The van der Waals surface area contributed by atoms with Crippen molar-refractivity contribution in [2.45, 2.75) is 89.9 Å². The second-order valence-electron chi connectivity index (χ2n) is 7.73. The topological polar surface area (TPSA) is 75.6 Å². The van der Waals surface area contributed by atoms with E-state index >= 15 is 0 Å². The van der Waals surface area contributed by atoms with Gasteiger partial charge in [0.25, 0.3) is 0 Å². The number of methoxy groups -OCH3 is 1. The first-order valence-electron chi connectivity index (χ1n) is 11.3. The standard InChI is InChI=1S/C24H39NO4.K.H/c1-29-23(26)15-13-11-9-7-5-3-2-4-6-8-10-12-14-20-25-22-18-16-21(17-19-22)24(27)28;;/h16-19,25H,2-15,20H2,1H3,(H,27,28);;/q;+1;-1. The Bertz CT molecular complexity index is 569. The van der Waals surface area contributed by atoms with E-state index in [0.29, 0.717) is 12.0 Å². The Hall–Kier alpha value is -0.404. The van der Waals surface area contributed by atoms with Crippen molar-refractivity contribution >= 4 is 17.6 Å². The molecule has 0 bridgehead atoms. The van der Waals surface area contributed by atoms with Crippen molar-refractivity contribution < 1.29 is 72.2 Å². The SMILES string of the molecule is COC(=O)CCCCCCCCCCCCCCCNc1ccc(C(=O)O)cc1.[H-].[K+]. The Morgan fingerprint density at radius 2 is 1.23 bits per heavy atom. The number of carboxylic acids is 1. The molecule has 6 heteroatoms. The van der Waals surface area contributed by atoms with Gasteiger partial charge in [0.15, 0.2) is 0 Å². The van der Waals surface area contributed by atoms with Crippen LogP contribution in [0, 0.1) is 0 Å². The molecule has 1 aromatic carbocycles. The van der Waals surface area contributed by atoms with Crippen LogP contribution in [-0.4, -0.2) is 30.7 Å². The van der Waals surface area contributed by atoms with Gasteiger partial charge in [0, 0.05) is 18.7 Å². The molecule has 1 rings (SSSR count). The molecule has 2 N–H and O–H groups in total. The number of nitrogens with one attached hydrogen (secondary N) is 1. The molecule has 0 aliphatic heterocycles. The van der Waals surface area contributed by atoms with Crippen LogP contribution in [0.3, 0.4) is 0 Å². The summed E-state index contributed by atoms with van der Waals surface area (Å²) in [5, 5.41) is 12.2. The molecule has 30 heavy (non-hydrogen) atoms. The molecule has 0 radical (unpaired) electrons. The summed E-state index contributed by atoms with van der Waals surface area (Å²) in [5.41, 5.74) is 1.31. The summed E-state index contributed by atoms with van der Waals surface area (Å²) in [5.74, 6) is -0.974. The van der Waals surface area contributed by atoms with Gasteiger partial charge in [-0.15, -0.1) is 0 Å². The number of ether oxygens (including phenoxy) is 1. The van der Waals surface area contributed by atoms with Crippen molar-refractivity contribution in [3.8, 4) is 0 Å². The Kier molecular flexibility index (Phi) is 20.2. The van der Waals surface area contributed by atoms with Crippen LogP contribution < -0.4 is 56.7 Å². The number of anilines is 1. The summed E-state index contributed by atoms with van der Waals surface area (Å²) < 4.78 is 4.64. The summed E-state index contributed by atoms with van der Waals surface area (Å²) >= 11 is 0. The fourth-order valence-electron chi connectivity index (χ4n) is 3.40. The summed E-state index contributed by atoms with van der Waals surface area (Å²) in [6.45, 7) is 0.937. The quantitative estimate of drug-likeness (QED) is 0.205. The number of unbranched alkanes of at least 4 members (excludes halogenated alkanes) is 12. The average Bonchev–Trinajstić information content (AvgIpc) is 2.73. The van der Waals surface area contributed by atoms with Crippen molar-refractivity contribution in [1.82, 2.24) is 0 Å². The third kappa shape index (κ3) is 16.3. The molecule has 0 amide bonds. The first-order chi connectivity index (χ1) is 14.1. The minimum absolute atomic E-state index is 0. The normalized spacial score (nSPS) is 10.3. The predicted molar refractivity (Wildman–Crippen MR) is 120 cm³/mol. The minimum Gasteiger partial charge on any atom is -1.00 e. The smallest absolute Gasteiger partial charge is 1.00 e. The van der Waals surface area contributed by atoms with Gasteiger partial charge in [0.1, 0.15) is 0 Å². The molecule has 0 spiro atoms.